The summed E-state index contributed by atoms with van der Waals surface area (Å²) in [6, 6.07) is 14.7. The zero-order valence-electron chi connectivity index (χ0n) is 14.9. The molecule has 0 unspecified atom stereocenters. The Morgan fingerprint density at radius 1 is 1.19 bits per heavy atom. The number of carbonyl (C=O) groups excluding carboxylic acids is 1. The van der Waals surface area contributed by atoms with Gasteiger partial charge in [0.05, 0.1) is 18.1 Å². The molecule has 1 aromatic heterocycles. The van der Waals surface area contributed by atoms with Crippen LogP contribution in [0, 0.1) is 0 Å². The van der Waals surface area contributed by atoms with Crippen LogP contribution in [0.15, 0.2) is 59.4 Å². The Labute approximate surface area is 155 Å². The van der Waals surface area contributed by atoms with Crippen LogP contribution < -0.4 is 15.7 Å². The van der Waals surface area contributed by atoms with Crippen LogP contribution in [-0.4, -0.2) is 40.7 Å². The molecule has 2 N–H and O–H groups in total. The first-order chi connectivity index (χ1) is 13.2. The van der Waals surface area contributed by atoms with Gasteiger partial charge < -0.3 is 19.9 Å². The first-order valence-electron chi connectivity index (χ1n) is 8.75. The molecule has 3 aromatic rings. The van der Waals surface area contributed by atoms with Crippen molar-refractivity contribution in [2.24, 2.45) is 0 Å². The van der Waals surface area contributed by atoms with Crippen LogP contribution in [-0.2, 0) is 0 Å². The van der Waals surface area contributed by atoms with Gasteiger partial charge in [-0.1, -0.05) is 18.2 Å². The van der Waals surface area contributed by atoms with E-state index < -0.39 is 0 Å². The lowest BCUT2D eigenvalue weighted by molar-refractivity contribution is 0.216. The summed E-state index contributed by atoms with van der Waals surface area (Å²) in [4.78, 5) is 29.4. The number of benzene rings is 2. The summed E-state index contributed by atoms with van der Waals surface area (Å²) in [6.45, 7) is 0.977. The molecule has 0 atom stereocenters. The molecule has 2 heterocycles. The summed E-state index contributed by atoms with van der Waals surface area (Å²) in [5.41, 5.74) is 3.09. The number of carbonyl (C=O) groups is 1. The van der Waals surface area contributed by atoms with E-state index in [1.165, 1.54) is 0 Å². The molecule has 7 nitrogen and oxygen atoms in total. The molecule has 0 spiro atoms. The maximum absolute atomic E-state index is 12.5. The second-order valence-electron chi connectivity index (χ2n) is 6.34. The number of methoxy groups -OCH3 is 1. The second-order valence-corrected chi connectivity index (χ2v) is 6.34. The number of H-pyrrole nitrogens is 1. The highest BCUT2D eigenvalue weighted by atomic mass is 16.5. The van der Waals surface area contributed by atoms with E-state index in [0.29, 0.717) is 30.9 Å². The van der Waals surface area contributed by atoms with Crippen molar-refractivity contribution < 1.29 is 9.53 Å². The molecule has 4 rings (SSSR count). The summed E-state index contributed by atoms with van der Waals surface area (Å²) in [6.07, 6.45) is 2.53. The third kappa shape index (κ3) is 3.31. The standard InChI is InChI=1S/C20H20N4O3/c1-27-16-6-4-5-14(13-16)21-19(25)23-11-9-15(10-12-23)24-18-8-3-2-7-17(18)22-20(24)26/h2-9,13H,10-12H2,1H3,(H,21,25)(H,22,26). The van der Waals surface area contributed by atoms with E-state index in [4.69, 9.17) is 4.74 Å². The molecule has 0 saturated heterocycles. The molecule has 2 aromatic carbocycles. The molecule has 27 heavy (non-hydrogen) atoms. The SMILES string of the molecule is COc1cccc(NC(=O)N2CC=C(n3c(=O)[nH]c4ccccc43)CC2)c1. The van der Waals surface area contributed by atoms with Crippen LogP contribution in [0.1, 0.15) is 6.42 Å². The van der Waals surface area contributed by atoms with Crippen molar-refractivity contribution in [2.75, 3.05) is 25.5 Å². The monoisotopic (exact) mass is 364 g/mol. The van der Waals surface area contributed by atoms with Gasteiger partial charge in [-0.25, -0.2) is 9.59 Å². The van der Waals surface area contributed by atoms with Crippen molar-refractivity contribution in [3.05, 3.63) is 65.1 Å². The molecule has 0 aliphatic carbocycles. The van der Waals surface area contributed by atoms with E-state index in [2.05, 4.69) is 10.3 Å². The van der Waals surface area contributed by atoms with Crippen LogP contribution in [0.5, 0.6) is 5.75 Å². The van der Waals surface area contributed by atoms with Crippen molar-refractivity contribution in [1.82, 2.24) is 14.5 Å². The van der Waals surface area contributed by atoms with Gasteiger partial charge in [0.25, 0.3) is 0 Å². The predicted molar refractivity (Wildman–Crippen MR) is 105 cm³/mol. The zero-order chi connectivity index (χ0) is 18.8. The fourth-order valence-corrected chi connectivity index (χ4v) is 3.29. The molecule has 0 radical (unpaired) electrons. The highest BCUT2D eigenvalue weighted by molar-refractivity contribution is 5.90. The summed E-state index contributed by atoms with van der Waals surface area (Å²) >= 11 is 0. The van der Waals surface area contributed by atoms with Crippen molar-refractivity contribution in [3.8, 4) is 5.75 Å². The third-order valence-corrected chi connectivity index (χ3v) is 4.67. The van der Waals surface area contributed by atoms with Crippen LogP contribution in [0.3, 0.4) is 0 Å². The molecule has 1 aliphatic heterocycles. The second kappa shape index (κ2) is 7.03. The van der Waals surface area contributed by atoms with Gasteiger partial charge >= 0.3 is 11.7 Å². The Hall–Kier alpha value is -3.48. The van der Waals surface area contributed by atoms with Gasteiger partial charge in [0.2, 0.25) is 0 Å². The van der Waals surface area contributed by atoms with Gasteiger partial charge in [-0.15, -0.1) is 0 Å². The van der Waals surface area contributed by atoms with Gasteiger partial charge in [0.15, 0.2) is 0 Å². The summed E-state index contributed by atoms with van der Waals surface area (Å²) in [7, 11) is 1.59. The van der Waals surface area contributed by atoms with E-state index >= 15 is 0 Å². The summed E-state index contributed by atoms with van der Waals surface area (Å²) < 4.78 is 6.86. The number of para-hydroxylation sites is 2. The predicted octanol–water partition coefficient (Wildman–Crippen LogP) is 3.12. The molecular formula is C20H20N4O3. The Balaban J connectivity index is 1.50. The Kier molecular flexibility index (Phi) is 4.42. The maximum Gasteiger partial charge on any atom is 0.330 e. The van der Waals surface area contributed by atoms with Gasteiger partial charge in [-0.3, -0.25) is 4.57 Å². The lowest BCUT2D eigenvalue weighted by atomic mass is 10.2. The van der Waals surface area contributed by atoms with E-state index in [-0.39, 0.29) is 11.7 Å². The minimum atomic E-state index is -0.176. The highest BCUT2D eigenvalue weighted by Gasteiger charge is 2.20. The van der Waals surface area contributed by atoms with E-state index in [0.717, 1.165) is 16.7 Å². The largest absolute Gasteiger partial charge is 0.497 e. The summed E-state index contributed by atoms with van der Waals surface area (Å²) in [5.74, 6) is 0.687. The fourth-order valence-electron chi connectivity index (χ4n) is 3.29. The first-order valence-corrected chi connectivity index (χ1v) is 8.75. The quantitative estimate of drug-likeness (QED) is 0.749. The number of fused-ring (bicyclic) bond motifs is 1. The van der Waals surface area contributed by atoms with E-state index in [9.17, 15) is 9.59 Å². The lowest BCUT2D eigenvalue weighted by Crippen LogP contribution is -2.38. The fraction of sp³-hybridized carbons (Fsp3) is 0.200. The average molecular weight is 364 g/mol. The average Bonchev–Trinajstić information content (AvgIpc) is 3.04. The smallest absolute Gasteiger partial charge is 0.330 e. The number of urea groups is 1. The number of imidazole rings is 1. The number of rotatable bonds is 3. The van der Waals surface area contributed by atoms with Crippen molar-refractivity contribution >= 4 is 28.4 Å². The lowest BCUT2D eigenvalue weighted by Gasteiger charge is -2.27. The molecular weight excluding hydrogens is 344 g/mol. The Morgan fingerprint density at radius 2 is 2.04 bits per heavy atom. The maximum atomic E-state index is 12.5. The van der Waals surface area contributed by atoms with Crippen LogP contribution in [0.25, 0.3) is 16.7 Å². The van der Waals surface area contributed by atoms with Gasteiger partial charge in [0, 0.05) is 37.0 Å². The molecule has 7 heteroatoms. The van der Waals surface area contributed by atoms with E-state index in [1.807, 2.05) is 48.5 Å². The van der Waals surface area contributed by atoms with Crippen molar-refractivity contribution in [2.45, 2.75) is 6.42 Å². The minimum Gasteiger partial charge on any atom is -0.497 e. The normalized spacial score (nSPS) is 14.1. The number of anilines is 1. The number of hydrogen-bond acceptors (Lipinski definition) is 3. The van der Waals surface area contributed by atoms with Gasteiger partial charge in [0.1, 0.15) is 5.75 Å². The number of amides is 2. The van der Waals surface area contributed by atoms with E-state index in [1.54, 1.807) is 22.6 Å². The van der Waals surface area contributed by atoms with Crippen LogP contribution >= 0.6 is 0 Å². The number of nitrogens with one attached hydrogen (secondary N) is 2. The molecule has 138 valence electrons. The minimum absolute atomic E-state index is 0.156. The molecule has 0 bridgehead atoms. The van der Waals surface area contributed by atoms with Crippen LogP contribution in [0.4, 0.5) is 10.5 Å². The third-order valence-electron chi connectivity index (χ3n) is 4.67. The number of nitrogens with zero attached hydrogens (tertiary/aromatic N) is 2. The molecule has 0 saturated carbocycles. The van der Waals surface area contributed by atoms with Gasteiger partial charge in [-0.05, 0) is 30.3 Å². The number of aromatic amines is 1. The topological polar surface area (TPSA) is 79.4 Å². The zero-order valence-corrected chi connectivity index (χ0v) is 14.9. The molecule has 0 fully saturated rings. The first kappa shape index (κ1) is 17.0. The molecule has 2 amide bonds. The van der Waals surface area contributed by atoms with Crippen molar-refractivity contribution in [1.29, 1.82) is 0 Å². The Morgan fingerprint density at radius 3 is 2.81 bits per heavy atom. The van der Waals surface area contributed by atoms with Crippen molar-refractivity contribution in [3.63, 3.8) is 0 Å². The number of ether oxygens (including phenoxy) is 1. The van der Waals surface area contributed by atoms with Crippen LogP contribution in [0.2, 0.25) is 0 Å². The van der Waals surface area contributed by atoms with Gasteiger partial charge in [-0.2, -0.15) is 0 Å². The molecule has 1 aliphatic rings. The number of hydrogen-bond donors (Lipinski definition) is 2. The highest BCUT2D eigenvalue weighted by Crippen LogP contribution is 2.21. The number of aromatic nitrogens is 2. The summed E-state index contributed by atoms with van der Waals surface area (Å²) in [5, 5.41) is 2.88. The Bertz CT molecular complexity index is 1080.